The zero-order valence-corrected chi connectivity index (χ0v) is 8.52. The Bertz CT molecular complexity index is 408. The van der Waals surface area contributed by atoms with E-state index in [4.69, 9.17) is 11.6 Å². The van der Waals surface area contributed by atoms with Crippen LogP contribution in [0.1, 0.15) is 17.3 Å². The maximum absolute atomic E-state index is 11.3. The number of halogens is 1. The largest absolute Gasteiger partial charge is 0.462 e. The van der Waals surface area contributed by atoms with Crippen LogP contribution in [-0.2, 0) is 4.74 Å². The van der Waals surface area contributed by atoms with Gasteiger partial charge >= 0.3 is 11.8 Å². The van der Waals surface area contributed by atoms with Crippen LogP contribution in [0.2, 0.25) is 5.02 Å². The zero-order valence-electron chi connectivity index (χ0n) is 7.77. The smallest absolute Gasteiger partial charge is 0.383 e. The monoisotopic (exact) mass is 230 g/mol. The van der Waals surface area contributed by atoms with Gasteiger partial charge in [-0.15, -0.1) is 0 Å². The third kappa shape index (κ3) is 2.41. The number of aromatic nitrogens is 1. The van der Waals surface area contributed by atoms with E-state index in [1.807, 2.05) is 0 Å². The summed E-state index contributed by atoms with van der Waals surface area (Å²) in [4.78, 5) is 24.4. The Morgan fingerprint density at radius 3 is 2.93 bits per heavy atom. The van der Waals surface area contributed by atoms with E-state index < -0.39 is 16.7 Å². The van der Waals surface area contributed by atoms with Crippen LogP contribution in [0.4, 0.5) is 5.82 Å². The molecule has 0 aliphatic rings. The van der Waals surface area contributed by atoms with E-state index in [2.05, 4.69) is 9.72 Å². The van der Waals surface area contributed by atoms with E-state index in [1.165, 1.54) is 6.07 Å². The van der Waals surface area contributed by atoms with Crippen molar-refractivity contribution in [2.24, 2.45) is 0 Å². The summed E-state index contributed by atoms with van der Waals surface area (Å²) >= 11 is 5.63. The van der Waals surface area contributed by atoms with Crippen LogP contribution in [0, 0.1) is 10.1 Å². The Hall–Kier alpha value is -1.69. The number of carbonyl (C=O) groups is 1. The van der Waals surface area contributed by atoms with Crippen molar-refractivity contribution in [1.82, 2.24) is 4.98 Å². The van der Waals surface area contributed by atoms with E-state index in [-0.39, 0.29) is 17.2 Å². The molecule has 1 rings (SSSR count). The third-order valence-electron chi connectivity index (χ3n) is 1.54. The van der Waals surface area contributed by atoms with Gasteiger partial charge in [0.15, 0.2) is 5.02 Å². The number of pyridine rings is 1. The average Bonchev–Trinajstić information content (AvgIpc) is 2.17. The standard InChI is InChI=1S/C8H7ClN2O4/c1-2-15-8(12)5-3-4-10-7(6(5)9)11(13)14/h3-4H,2H2,1H3. The molecule has 6 nitrogen and oxygen atoms in total. The van der Waals surface area contributed by atoms with Gasteiger partial charge in [0.2, 0.25) is 0 Å². The topological polar surface area (TPSA) is 82.3 Å². The molecule has 0 aliphatic heterocycles. The normalized spacial score (nSPS) is 9.73. The van der Waals surface area contributed by atoms with Gasteiger partial charge in [0, 0.05) is 0 Å². The minimum atomic E-state index is -0.759. The molecule has 0 aromatic carbocycles. The second-order valence-corrected chi connectivity index (χ2v) is 2.85. The number of esters is 1. The van der Waals surface area contributed by atoms with Crippen molar-refractivity contribution >= 4 is 23.4 Å². The fourth-order valence-electron chi connectivity index (χ4n) is 0.926. The lowest BCUT2D eigenvalue weighted by Crippen LogP contribution is -2.07. The summed E-state index contributed by atoms with van der Waals surface area (Å²) in [5.74, 6) is -1.25. The molecule has 0 saturated carbocycles. The molecule has 0 radical (unpaired) electrons. The van der Waals surface area contributed by atoms with Gasteiger partial charge < -0.3 is 14.9 Å². The molecule has 1 aromatic heterocycles. The number of nitrogens with zero attached hydrogens (tertiary/aromatic N) is 2. The Morgan fingerprint density at radius 2 is 2.40 bits per heavy atom. The fourth-order valence-corrected chi connectivity index (χ4v) is 1.18. The number of hydrogen-bond donors (Lipinski definition) is 0. The molecule has 7 heteroatoms. The first kappa shape index (κ1) is 11.4. The van der Waals surface area contributed by atoms with Crippen LogP contribution >= 0.6 is 11.6 Å². The molecule has 0 spiro atoms. The number of carbonyl (C=O) groups excluding carboxylic acids is 1. The van der Waals surface area contributed by atoms with E-state index >= 15 is 0 Å². The number of rotatable bonds is 3. The van der Waals surface area contributed by atoms with E-state index in [9.17, 15) is 14.9 Å². The minimum absolute atomic E-state index is 0.0554. The maximum atomic E-state index is 11.3. The summed E-state index contributed by atoms with van der Waals surface area (Å²) in [6.07, 6.45) is 1.14. The SMILES string of the molecule is CCOC(=O)c1ccnc([N+](=O)[O-])c1Cl. The van der Waals surface area contributed by atoms with Gasteiger partial charge in [-0.25, -0.2) is 4.79 Å². The minimum Gasteiger partial charge on any atom is -0.462 e. The molecule has 0 unspecified atom stereocenters. The molecule has 15 heavy (non-hydrogen) atoms. The molecule has 0 saturated heterocycles. The first-order valence-electron chi connectivity index (χ1n) is 4.04. The van der Waals surface area contributed by atoms with Crippen molar-refractivity contribution in [2.45, 2.75) is 6.92 Å². The highest BCUT2D eigenvalue weighted by atomic mass is 35.5. The molecule has 0 amide bonds. The molecular formula is C8H7ClN2O4. The third-order valence-corrected chi connectivity index (χ3v) is 1.91. The van der Waals surface area contributed by atoms with Crippen LogP contribution in [0.3, 0.4) is 0 Å². The van der Waals surface area contributed by atoms with Crippen LogP contribution in [0.15, 0.2) is 12.3 Å². The molecular weight excluding hydrogens is 224 g/mol. The number of ether oxygens (including phenoxy) is 1. The summed E-state index contributed by atoms with van der Waals surface area (Å²) in [5, 5.41) is 10.2. The van der Waals surface area contributed by atoms with Crippen LogP contribution in [0.25, 0.3) is 0 Å². The summed E-state index contributed by atoms with van der Waals surface area (Å²) in [6.45, 7) is 1.80. The molecule has 0 atom stereocenters. The van der Waals surface area contributed by atoms with E-state index in [1.54, 1.807) is 6.92 Å². The summed E-state index contributed by atoms with van der Waals surface area (Å²) in [5.41, 5.74) is -0.0554. The van der Waals surface area contributed by atoms with Gasteiger partial charge in [-0.1, -0.05) is 11.6 Å². The van der Waals surface area contributed by atoms with Crippen molar-refractivity contribution < 1.29 is 14.5 Å². The molecule has 1 aromatic rings. The summed E-state index contributed by atoms with van der Waals surface area (Å²) < 4.78 is 4.67. The lowest BCUT2D eigenvalue weighted by molar-refractivity contribution is -0.389. The highest BCUT2D eigenvalue weighted by molar-refractivity contribution is 6.35. The van der Waals surface area contributed by atoms with Gasteiger partial charge in [0.25, 0.3) is 0 Å². The van der Waals surface area contributed by atoms with Crippen molar-refractivity contribution in [3.05, 3.63) is 33.0 Å². The summed E-state index contributed by atoms with van der Waals surface area (Å²) in [7, 11) is 0. The first-order chi connectivity index (χ1) is 7.07. The van der Waals surface area contributed by atoms with Crippen molar-refractivity contribution in [3.63, 3.8) is 0 Å². The summed E-state index contributed by atoms with van der Waals surface area (Å²) in [6, 6.07) is 1.27. The van der Waals surface area contributed by atoms with Gasteiger partial charge in [-0.2, -0.15) is 0 Å². The van der Waals surface area contributed by atoms with Crippen LogP contribution < -0.4 is 0 Å². The maximum Gasteiger partial charge on any atom is 0.383 e. The number of hydrogen-bond acceptors (Lipinski definition) is 5. The lowest BCUT2D eigenvalue weighted by Gasteiger charge is -2.02. The molecule has 0 bridgehead atoms. The second-order valence-electron chi connectivity index (χ2n) is 2.47. The van der Waals surface area contributed by atoms with E-state index in [0.29, 0.717) is 0 Å². The zero-order chi connectivity index (χ0) is 11.4. The van der Waals surface area contributed by atoms with Gasteiger partial charge in [-0.05, 0) is 22.9 Å². The lowest BCUT2D eigenvalue weighted by atomic mass is 10.2. The molecule has 0 N–H and O–H groups in total. The van der Waals surface area contributed by atoms with Gasteiger partial charge in [0.05, 0.1) is 12.2 Å². The van der Waals surface area contributed by atoms with Crippen molar-refractivity contribution in [3.8, 4) is 0 Å². The van der Waals surface area contributed by atoms with Crippen molar-refractivity contribution in [1.29, 1.82) is 0 Å². The quantitative estimate of drug-likeness (QED) is 0.449. The second kappa shape index (κ2) is 4.70. The average molecular weight is 231 g/mol. The molecule has 80 valence electrons. The molecule has 0 fully saturated rings. The van der Waals surface area contributed by atoms with Gasteiger partial charge in [0.1, 0.15) is 6.20 Å². The predicted molar refractivity (Wildman–Crippen MR) is 51.9 cm³/mol. The Kier molecular flexibility index (Phi) is 3.56. The first-order valence-corrected chi connectivity index (χ1v) is 4.41. The van der Waals surface area contributed by atoms with E-state index in [0.717, 1.165) is 6.20 Å². The van der Waals surface area contributed by atoms with Crippen LogP contribution in [0.5, 0.6) is 0 Å². The Balaban J connectivity index is 3.15. The molecule has 0 aliphatic carbocycles. The highest BCUT2D eigenvalue weighted by Gasteiger charge is 2.22. The predicted octanol–water partition coefficient (Wildman–Crippen LogP) is 1.82. The van der Waals surface area contributed by atoms with Gasteiger partial charge in [-0.3, -0.25) is 0 Å². The fraction of sp³-hybridized carbons (Fsp3) is 0.250. The Morgan fingerprint density at radius 1 is 1.73 bits per heavy atom. The van der Waals surface area contributed by atoms with Crippen molar-refractivity contribution in [2.75, 3.05) is 6.61 Å². The number of nitro groups is 1. The highest BCUT2D eigenvalue weighted by Crippen LogP contribution is 2.25. The Labute approximate surface area is 90.0 Å². The molecule has 1 heterocycles. The van der Waals surface area contributed by atoms with Crippen LogP contribution in [-0.4, -0.2) is 22.5 Å².